The molecule has 0 saturated carbocycles. The summed E-state index contributed by atoms with van der Waals surface area (Å²) in [4.78, 5) is 37.1. The van der Waals surface area contributed by atoms with Gasteiger partial charge in [-0.1, -0.05) is 30.3 Å². The minimum atomic E-state index is -0.491. The molecule has 0 saturated heterocycles. The highest BCUT2D eigenvalue weighted by molar-refractivity contribution is 6.22. The van der Waals surface area contributed by atoms with Crippen molar-refractivity contribution in [3.63, 3.8) is 0 Å². The van der Waals surface area contributed by atoms with Crippen LogP contribution in [-0.2, 0) is 0 Å². The SMILES string of the molecule is CN(C(=O)c1ccc2c(c1)C(=O)c1ccccc1-2)c1ccc([N+](=O)[O-])cc1. The van der Waals surface area contributed by atoms with E-state index in [9.17, 15) is 19.7 Å². The molecule has 0 radical (unpaired) electrons. The third-order valence-corrected chi connectivity index (χ3v) is 4.73. The number of fused-ring (bicyclic) bond motifs is 3. The van der Waals surface area contributed by atoms with Crippen LogP contribution in [-0.4, -0.2) is 23.7 Å². The van der Waals surface area contributed by atoms with Crippen LogP contribution in [0.3, 0.4) is 0 Å². The van der Waals surface area contributed by atoms with Gasteiger partial charge in [0.25, 0.3) is 11.6 Å². The van der Waals surface area contributed by atoms with Gasteiger partial charge in [-0.15, -0.1) is 0 Å². The Kier molecular flexibility index (Phi) is 3.81. The van der Waals surface area contributed by atoms with Gasteiger partial charge >= 0.3 is 0 Å². The van der Waals surface area contributed by atoms with Gasteiger partial charge in [-0.05, 0) is 35.4 Å². The van der Waals surface area contributed by atoms with Crippen LogP contribution in [0.15, 0.2) is 66.7 Å². The molecule has 3 aromatic rings. The lowest BCUT2D eigenvalue weighted by Crippen LogP contribution is -2.26. The van der Waals surface area contributed by atoms with E-state index < -0.39 is 4.92 Å². The van der Waals surface area contributed by atoms with Crippen molar-refractivity contribution < 1.29 is 14.5 Å². The maximum Gasteiger partial charge on any atom is 0.269 e. The second kappa shape index (κ2) is 6.17. The van der Waals surface area contributed by atoms with Gasteiger partial charge < -0.3 is 4.90 Å². The van der Waals surface area contributed by atoms with Crippen molar-refractivity contribution in [2.24, 2.45) is 0 Å². The predicted octanol–water partition coefficient (Wildman–Crippen LogP) is 4.08. The number of non-ortho nitro benzene ring substituents is 1. The number of nitrogens with zero attached hydrogens (tertiary/aromatic N) is 2. The molecule has 0 bridgehead atoms. The predicted molar refractivity (Wildman–Crippen MR) is 101 cm³/mol. The molecule has 0 aromatic heterocycles. The highest BCUT2D eigenvalue weighted by Crippen LogP contribution is 2.37. The third kappa shape index (κ3) is 2.67. The van der Waals surface area contributed by atoms with E-state index in [0.29, 0.717) is 22.4 Å². The summed E-state index contributed by atoms with van der Waals surface area (Å²) in [5, 5.41) is 10.8. The number of nitro benzene ring substituents is 1. The number of ketones is 1. The number of benzene rings is 3. The van der Waals surface area contributed by atoms with Crippen molar-refractivity contribution in [3.05, 3.63) is 93.5 Å². The highest BCUT2D eigenvalue weighted by atomic mass is 16.6. The quantitative estimate of drug-likeness (QED) is 0.408. The zero-order chi connectivity index (χ0) is 19.1. The minimum absolute atomic E-state index is 0.0412. The Bertz CT molecular complexity index is 1100. The molecule has 6 nitrogen and oxygen atoms in total. The number of carbonyl (C=O) groups is 2. The third-order valence-electron chi connectivity index (χ3n) is 4.73. The van der Waals surface area contributed by atoms with E-state index in [-0.39, 0.29) is 17.4 Å². The van der Waals surface area contributed by atoms with Crippen molar-refractivity contribution in [2.45, 2.75) is 0 Å². The van der Waals surface area contributed by atoms with E-state index in [1.807, 2.05) is 18.2 Å². The molecule has 0 unspecified atom stereocenters. The Hall–Kier alpha value is -3.80. The number of carbonyl (C=O) groups excluding carboxylic acids is 2. The Morgan fingerprint density at radius 1 is 0.889 bits per heavy atom. The molecule has 27 heavy (non-hydrogen) atoms. The van der Waals surface area contributed by atoms with Crippen molar-refractivity contribution in [1.82, 2.24) is 0 Å². The van der Waals surface area contributed by atoms with Gasteiger partial charge in [-0.25, -0.2) is 0 Å². The van der Waals surface area contributed by atoms with E-state index in [4.69, 9.17) is 0 Å². The van der Waals surface area contributed by atoms with Gasteiger partial charge in [-0.3, -0.25) is 19.7 Å². The van der Waals surface area contributed by atoms with Crippen LogP contribution in [0.5, 0.6) is 0 Å². The molecule has 0 fully saturated rings. The van der Waals surface area contributed by atoms with E-state index in [1.54, 1.807) is 31.3 Å². The molecule has 132 valence electrons. The topological polar surface area (TPSA) is 80.5 Å². The Morgan fingerprint density at radius 3 is 2.19 bits per heavy atom. The van der Waals surface area contributed by atoms with Gasteiger partial charge in [0.1, 0.15) is 0 Å². The summed E-state index contributed by atoms with van der Waals surface area (Å²) in [6.45, 7) is 0. The molecule has 1 amide bonds. The lowest BCUT2D eigenvalue weighted by molar-refractivity contribution is -0.384. The fraction of sp³-hybridized carbons (Fsp3) is 0.0476. The summed E-state index contributed by atoms with van der Waals surface area (Å²) in [6, 6.07) is 18.2. The lowest BCUT2D eigenvalue weighted by Gasteiger charge is -2.17. The maximum atomic E-state index is 12.8. The van der Waals surface area contributed by atoms with Crippen LogP contribution in [0, 0.1) is 10.1 Å². The average Bonchev–Trinajstić information content (AvgIpc) is 2.99. The Morgan fingerprint density at radius 2 is 1.52 bits per heavy atom. The molecule has 3 aromatic carbocycles. The number of nitro groups is 1. The first-order valence-electron chi connectivity index (χ1n) is 8.28. The van der Waals surface area contributed by atoms with Crippen molar-refractivity contribution in [3.8, 4) is 11.1 Å². The standard InChI is InChI=1S/C21H14N2O4/c1-22(14-7-9-15(10-8-14)23(26)27)21(25)13-6-11-17-16-4-2-3-5-18(16)20(24)19(17)12-13/h2-12H,1H3. The molecule has 0 heterocycles. The van der Waals surface area contributed by atoms with Crippen LogP contribution in [0.4, 0.5) is 11.4 Å². The monoisotopic (exact) mass is 358 g/mol. The molecule has 6 heteroatoms. The number of amides is 1. The minimum Gasteiger partial charge on any atom is -0.311 e. The van der Waals surface area contributed by atoms with Crippen LogP contribution in [0.1, 0.15) is 26.3 Å². The first-order valence-corrected chi connectivity index (χ1v) is 8.28. The van der Waals surface area contributed by atoms with E-state index in [1.165, 1.54) is 29.2 Å². The molecular weight excluding hydrogens is 344 g/mol. The Balaban J connectivity index is 1.65. The van der Waals surface area contributed by atoms with Crippen LogP contribution >= 0.6 is 0 Å². The number of rotatable bonds is 3. The van der Waals surface area contributed by atoms with Crippen molar-refractivity contribution >= 4 is 23.1 Å². The fourth-order valence-electron chi connectivity index (χ4n) is 3.27. The normalized spacial score (nSPS) is 11.7. The zero-order valence-electron chi connectivity index (χ0n) is 14.4. The first kappa shape index (κ1) is 16.7. The van der Waals surface area contributed by atoms with Gasteiger partial charge in [-0.2, -0.15) is 0 Å². The average molecular weight is 358 g/mol. The molecule has 1 aliphatic rings. The van der Waals surface area contributed by atoms with Gasteiger partial charge in [0, 0.05) is 41.6 Å². The van der Waals surface area contributed by atoms with Crippen LogP contribution in [0.2, 0.25) is 0 Å². The molecule has 0 spiro atoms. The number of anilines is 1. The van der Waals surface area contributed by atoms with Gasteiger partial charge in [0.2, 0.25) is 0 Å². The zero-order valence-corrected chi connectivity index (χ0v) is 14.4. The van der Waals surface area contributed by atoms with E-state index in [0.717, 1.165) is 11.1 Å². The summed E-state index contributed by atoms with van der Waals surface area (Å²) in [6.07, 6.45) is 0. The molecule has 0 aliphatic heterocycles. The first-order chi connectivity index (χ1) is 13.0. The van der Waals surface area contributed by atoms with Crippen LogP contribution in [0.25, 0.3) is 11.1 Å². The van der Waals surface area contributed by atoms with Crippen LogP contribution < -0.4 is 4.90 Å². The van der Waals surface area contributed by atoms with E-state index in [2.05, 4.69) is 0 Å². The summed E-state index contributed by atoms with van der Waals surface area (Å²) < 4.78 is 0. The summed E-state index contributed by atoms with van der Waals surface area (Å²) in [7, 11) is 1.59. The van der Waals surface area contributed by atoms with Crippen molar-refractivity contribution in [2.75, 3.05) is 11.9 Å². The summed E-state index contributed by atoms with van der Waals surface area (Å²) >= 11 is 0. The van der Waals surface area contributed by atoms with E-state index >= 15 is 0 Å². The number of hydrogen-bond donors (Lipinski definition) is 0. The largest absolute Gasteiger partial charge is 0.311 e. The molecule has 4 rings (SSSR count). The Labute approximate surface area is 154 Å². The summed E-state index contributed by atoms with van der Waals surface area (Å²) in [5.74, 6) is -0.386. The molecular formula is C21H14N2O4. The van der Waals surface area contributed by atoms with Gasteiger partial charge in [0.15, 0.2) is 5.78 Å². The second-order valence-corrected chi connectivity index (χ2v) is 6.27. The molecule has 1 aliphatic carbocycles. The molecule has 0 atom stereocenters. The fourth-order valence-corrected chi connectivity index (χ4v) is 3.27. The summed E-state index contributed by atoms with van der Waals surface area (Å²) in [5.41, 5.74) is 3.72. The van der Waals surface area contributed by atoms with Gasteiger partial charge in [0.05, 0.1) is 4.92 Å². The molecule has 0 N–H and O–H groups in total. The maximum absolute atomic E-state index is 12.8. The highest BCUT2D eigenvalue weighted by Gasteiger charge is 2.27. The lowest BCUT2D eigenvalue weighted by atomic mass is 10.0. The van der Waals surface area contributed by atoms with Crippen molar-refractivity contribution in [1.29, 1.82) is 0 Å². The second-order valence-electron chi connectivity index (χ2n) is 6.27. The number of hydrogen-bond acceptors (Lipinski definition) is 4. The smallest absolute Gasteiger partial charge is 0.269 e.